The smallest absolute Gasteiger partial charge is 0.350 e. The molecule has 0 aliphatic carbocycles. The van der Waals surface area contributed by atoms with E-state index in [1.807, 2.05) is 30.3 Å². The fourth-order valence-corrected chi connectivity index (χ4v) is 4.92. The van der Waals surface area contributed by atoms with E-state index in [1.54, 1.807) is 23.9 Å². The summed E-state index contributed by atoms with van der Waals surface area (Å²) in [6, 6.07) is 8.97. The molecule has 1 unspecified atom stereocenters. The number of benzene rings is 1. The Morgan fingerprint density at radius 3 is 2.65 bits per heavy atom. The zero-order chi connectivity index (χ0) is 24.5. The molecule has 1 saturated heterocycles. The fraction of sp³-hybridized carbons (Fsp3) is 0.455. The van der Waals surface area contributed by atoms with Crippen LogP contribution in [-0.2, 0) is 24.1 Å². The van der Waals surface area contributed by atoms with Crippen LogP contribution in [0.1, 0.15) is 24.2 Å². The van der Waals surface area contributed by atoms with Gasteiger partial charge in [-0.1, -0.05) is 41.7 Å². The van der Waals surface area contributed by atoms with Crippen LogP contribution in [0, 0.1) is 0 Å². The largest absolute Gasteiger partial charge is 0.449 e. The monoisotopic (exact) mass is 494 g/mol. The lowest BCUT2D eigenvalue weighted by Gasteiger charge is -2.23. The van der Waals surface area contributed by atoms with Gasteiger partial charge in [-0.15, -0.1) is 0 Å². The minimum Gasteiger partial charge on any atom is -0.350 e. The van der Waals surface area contributed by atoms with Crippen LogP contribution in [0.5, 0.6) is 0 Å². The number of thiazole rings is 1. The Bertz CT molecular complexity index is 1230. The van der Waals surface area contributed by atoms with E-state index >= 15 is 0 Å². The van der Waals surface area contributed by atoms with E-state index in [4.69, 9.17) is 0 Å². The van der Waals surface area contributed by atoms with Gasteiger partial charge in [0.2, 0.25) is 11.7 Å². The van der Waals surface area contributed by atoms with Gasteiger partial charge in [0.1, 0.15) is 6.04 Å². The Hall–Kier alpha value is -2.99. The minimum absolute atomic E-state index is 0.0798. The lowest BCUT2D eigenvalue weighted by atomic mass is 10.2. The molecule has 1 N–H and O–H groups in total. The molecule has 3 heterocycles. The molecule has 1 aliphatic heterocycles. The Morgan fingerprint density at radius 2 is 1.97 bits per heavy atom. The molecule has 34 heavy (non-hydrogen) atoms. The third kappa shape index (κ3) is 5.07. The van der Waals surface area contributed by atoms with Crippen molar-refractivity contribution in [1.29, 1.82) is 0 Å². The Balaban J connectivity index is 1.62. The highest BCUT2D eigenvalue weighted by atomic mass is 32.1. The molecular weight excluding hydrogens is 469 g/mol. The standard InChI is InChI=1S/C22H25F3N6O2S/c1-29(2)11-12-31-19(33)16-18(28-20(31)22(23,24)25)34-21(27-16)30-10-6-9-15(30)17(32)26-13-14-7-4-3-5-8-14/h3-5,7-8,15H,6,9-13H2,1-2H3,(H,26,32). The Morgan fingerprint density at radius 1 is 1.24 bits per heavy atom. The van der Waals surface area contributed by atoms with Crippen molar-refractivity contribution in [3.8, 4) is 0 Å². The highest BCUT2D eigenvalue weighted by molar-refractivity contribution is 7.21. The predicted molar refractivity (Wildman–Crippen MR) is 124 cm³/mol. The molecule has 3 aromatic rings. The average Bonchev–Trinajstić information content (AvgIpc) is 3.44. The maximum atomic E-state index is 13.7. The van der Waals surface area contributed by atoms with Gasteiger partial charge in [-0.2, -0.15) is 13.2 Å². The molecular formula is C22H25F3N6O2S. The lowest BCUT2D eigenvalue weighted by Crippen LogP contribution is -2.43. The summed E-state index contributed by atoms with van der Waals surface area (Å²) in [6.07, 6.45) is -3.46. The van der Waals surface area contributed by atoms with E-state index < -0.39 is 23.6 Å². The highest BCUT2D eigenvalue weighted by Gasteiger charge is 2.39. The van der Waals surface area contributed by atoms with Crippen molar-refractivity contribution in [1.82, 2.24) is 24.8 Å². The average molecular weight is 495 g/mol. The fourth-order valence-electron chi connectivity index (χ4n) is 3.91. The van der Waals surface area contributed by atoms with E-state index in [2.05, 4.69) is 15.3 Å². The van der Waals surface area contributed by atoms with Crippen molar-refractivity contribution in [3.05, 3.63) is 52.1 Å². The number of aromatic nitrogens is 3. The van der Waals surface area contributed by atoms with E-state index in [0.717, 1.165) is 23.3 Å². The third-order valence-electron chi connectivity index (χ3n) is 5.64. The highest BCUT2D eigenvalue weighted by Crippen LogP contribution is 2.34. The van der Waals surface area contributed by atoms with Gasteiger partial charge in [-0.3, -0.25) is 14.2 Å². The van der Waals surface area contributed by atoms with Gasteiger partial charge in [0.15, 0.2) is 15.5 Å². The quantitative estimate of drug-likeness (QED) is 0.544. The second-order valence-electron chi connectivity index (χ2n) is 8.40. The molecule has 1 fully saturated rings. The number of fused-ring (bicyclic) bond motifs is 1. The van der Waals surface area contributed by atoms with Crippen molar-refractivity contribution in [2.45, 2.75) is 38.1 Å². The van der Waals surface area contributed by atoms with Crippen LogP contribution in [0.2, 0.25) is 0 Å². The molecule has 0 bridgehead atoms. The number of carbonyl (C=O) groups excluding carboxylic acids is 1. The van der Waals surface area contributed by atoms with Crippen LogP contribution in [0.4, 0.5) is 18.3 Å². The van der Waals surface area contributed by atoms with Crippen LogP contribution in [-0.4, -0.2) is 58.6 Å². The lowest BCUT2D eigenvalue weighted by molar-refractivity contribution is -0.148. The first-order chi connectivity index (χ1) is 16.1. The summed E-state index contributed by atoms with van der Waals surface area (Å²) in [5.41, 5.74) is 0.0237. The molecule has 1 aliphatic rings. The Labute approximate surface area is 198 Å². The van der Waals surface area contributed by atoms with E-state index in [9.17, 15) is 22.8 Å². The topological polar surface area (TPSA) is 83.4 Å². The number of alkyl halides is 3. The van der Waals surface area contributed by atoms with Crippen LogP contribution in [0.15, 0.2) is 35.1 Å². The van der Waals surface area contributed by atoms with Crippen molar-refractivity contribution in [3.63, 3.8) is 0 Å². The first kappa shape index (κ1) is 24.1. The van der Waals surface area contributed by atoms with Gasteiger partial charge in [0.25, 0.3) is 5.56 Å². The first-order valence-electron chi connectivity index (χ1n) is 10.9. The number of nitrogens with one attached hydrogen (secondary N) is 1. The summed E-state index contributed by atoms with van der Waals surface area (Å²) < 4.78 is 41.6. The van der Waals surface area contributed by atoms with Gasteiger partial charge >= 0.3 is 6.18 Å². The van der Waals surface area contributed by atoms with Crippen molar-refractivity contribution < 1.29 is 18.0 Å². The molecule has 12 heteroatoms. The van der Waals surface area contributed by atoms with Crippen LogP contribution in [0.25, 0.3) is 10.3 Å². The number of amides is 1. The van der Waals surface area contributed by atoms with E-state index in [1.165, 1.54) is 0 Å². The summed E-state index contributed by atoms with van der Waals surface area (Å²) in [5, 5.41) is 3.24. The number of rotatable bonds is 7. The first-order valence-corrected chi connectivity index (χ1v) is 11.7. The zero-order valence-electron chi connectivity index (χ0n) is 18.8. The molecule has 0 saturated carbocycles. The van der Waals surface area contributed by atoms with Gasteiger partial charge < -0.3 is 15.1 Å². The van der Waals surface area contributed by atoms with Gasteiger partial charge in [-0.25, -0.2) is 9.97 Å². The molecule has 1 amide bonds. The van der Waals surface area contributed by atoms with Gasteiger partial charge in [-0.05, 0) is 32.5 Å². The van der Waals surface area contributed by atoms with Gasteiger partial charge in [0.05, 0.1) is 0 Å². The summed E-state index contributed by atoms with van der Waals surface area (Å²) in [5.74, 6) is -1.42. The van der Waals surface area contributed by atoms with Crippen LogP contribution < -0.4 is 15.8 Å². The van der Waals surface area contributed by atoms with Crippen LogP contribution in [0.3, 0.4) is 0 Å². The summed E-state index contributed by atoms with van der Waals surface area (Å²) in [4.78, 5) is 37.3. The van der Waals surface area contributed by atoms with Crippen molar-refractivity contribution >= 4 is 32.7 Å². The van der Waals surface area contributed by atoms with Crippen molar-refractivity contribution in [2.24, 2.45) is 0 Å². The summed E-state index contributed by atoms with van der Waals surface area (Å²) in [7, 11) is 3.42. The number of anilines is 1. The second kappa shape index (κ2) is 9.71. The number of hydrogen-bond donors (Lipinski definition) is 1. The molecule has 1 aromatic carbocycles. The minimum atomic E-state index is -4.78. The SMILES string of the molecule is CN(C)CCn1c(C(F)(F)F)nc2sc(N3CCCC3C(=O)NCc3ccccc3)nc2c1=O. The molecule has 2 aromatic heterocycles. The zero-order valence-corrected chi connectivity index (χ0v) is 19.6. The van der Waals surface area contributed by atoms with E-state index in [0.29, 0.717) is 29.2 Å². The maximum absolute atomic E-state index is 13.7. The molecule has 0 radical (unpaired) electrons. The normalized spacial score (nSPS) is 16.5. The number of nitrogens with zero attached hydrogens (tertiary/aromatic N) is 5. The second-order valence-corrected chi connectivity index (χ2v) is 9.35. The summed E-state index contributed by atoms with van der Waals surface area (Å²) in [6.45, 7) is 0.967. The van der Waals surface area contributed by atoms with Crippen molar-refractivity contribution in [2.75, 3.05) is 32.1 Å². The summed E-state index contributed by atoms with van der Waals surface area (Å²) >= 11 is 0.908. The molecule has 1 atom stereocenters. The number of halogens is 3. The number of carbonyl (C=O) groups is 1. The number of likely N-dealkylation sites (N-methyl/N-ethyl adjacent to an activating group) is 1. The Kier molecular flexibility index (Phi) is 6.89. The van der Waals surface area contributed by atoms with Crippen LogP contribution >= 0.6 is 11.3 Å². The molecule has 4 rings (SSSR count). The third-order valence-corrected chi connectivity index (χ3v) is 6.63. The molecule has 0 spiro atoms. The molecule has 182 valence electrons. The van der Waals surface area contributed by atoms with Gasteiger partial charge in [0, 0.05) is 26.2 Å². The predicted octanol–water partition coefficient (Wildman–Crippen LogP) is 2.72. The molecule has 8 nitrogen and oxygen atoms in total. The number of hydrogen-bond acceptors (Lipinski definition) is 7. The maximum Gasteiger partial charge on any atom is 0.449 e. The van der Waals surface area contributed by atoms with E-state index in [-0.39, 0.29) is 29.3 Å².